The maximum Gasteiger partial charge on any atom is 0.251 e. The second-order valence-electron chi connectivity index (χ2n) is 5.33. The highest BCUT2D eigenvalue weighted by molar-refractivity contribution is 5.94. The Kier molecular flexibility index (Phi) is 3.34. The van der Waals surface area contributed by atoms with Crippen LogP contribution in [0.15, 0.2) is 61.2 Å². The predicted octanol–water partition coefficient (Wildman–Crippen LogP) is 3.39. The Morgan fingerprint density at radius 2 is 1.81 bits per heavy atom. The van der Waals surface area contributed by atoms with Gasteiger partial charge in [0.1, 0.15) is 0 Å². The first-order valence-corrected chi connectivity index (χ1v) is 6.90. The van der Waals surface area contributed by atoms with Crippen molar-refractivity contribution >= 4 is 11.5 Å². The number of rotatable bonds is 3. The van der Waals surface area contributed by atoms with Gasteiger partial charge in [-0.3, -0.25) is 4.79 Å². The van der Waals surface area contributed by atoms with Crippen LogP contribution in [0.25, 0.3) is 5.57 Å². The minimum atomic E-state index is -1.60. The fourth-order valence-electron chi connectivity index (χ4n) is 2.70. The second kappa shape index (κ2) is 5.17. The Labute approximate surface area is 123 Å². The molecule has 1 atom stereocenters. The van der Waals surface area contributed by atoms with Gasteiger partial charge in [0.15, 0.2) is 5.67 Å². The van der Waals surface area contributed by atoms with E-state index in [9.17, 15) is 4.79 Å². The van der Waals surface area contributed by atoms with E-state index in [0.29, 0.717) is 11.1 Å². The zero-order valence-corrected chi connectivity index (χ0v) is 11.6. The normalized spacial score (nSPS) is 20.1. The zero-order valence-electron chi connectivity index (χ0n) is 11.6. The Morgan fingerprint density at radius 1 is 1.14 bits per heavy atom. The number of alkyl halides is 1. The fraction of sp³-hybridized carbons (Fsp3) is 0.167. The molecule has 0 aliphatic heterocycles. The third-order valence-electron chi connectivity index (χ3n) is 3.92. The summed E-state index contributed by atoms with van der Waals surface area (Å²) in [6, 6.07) is 16.4. The molecule has 0 fully saturated rings. The maximum atomic E-state index is 15.1. The van der Waals surface area contributed by atoms with Gasteiger partial charge in [-0.25, -0.2) is 4.39 Å². The highest BCUT2D eigenvalue weighted by Crippen LogP contribution is 2.41. The van der Waals surface area contributed by atoms with Gasteiger partial charge in [-0.05, 0) is 28.8 Å². The van der Waals surface area contributed by atoms with Crippen LogP contribution >= 0.6 is 0 Å². The van der Waals surface area contributed by atoms with E-state index in [0.717, 1.165) is 11.1 Å². The van der Waals surface area contributed by atoms with Gasteiger partial charge in [-0.15, -0.1) is 0 Å². The van der Waals surface area contributed by atoms with Gasteiger partial charge >= 0.3 is 0 Å². The quantitative estimate of drug-likeness (QED) is 0.918. The Bertz CT molecular complexity index is 695. The smallest absolute Gasteiger partial charge is 0.251 e. The van der Waals surface area contributed by atoms with Crippen LogP contribution < -0.4 is 5.32 Å². The summed E-state index contributed by atoms with van der Waals surface area (Å²) in [5, 5.41) is 2.67. The van der Waals surface area contributed by atoms with E-state index in [2.05, 4.69) is 11.9 Å². The first-order chi connectivity index (χ1) is 10.1. The molecule has 3 heteroatoms. The molecule has 1 aliphatic carbocycles. The average Bonchev–Trinajstić information content (AvgIpc) is 2.78. The van der Waals surface area contributed by atoms with Crippen molar-refractivity contribution in [3.63, 3.8) is 0 Å². The van der Waals surface area contributed by atoms with Gasteiger partial charge < -0.3 is 5.32 Å². The largest absolute Gasteiger partial charge is 0.348 e. The lowest BCUT2D eigenvalue weighted by molar-refractivity contribution is 0.0930. The first-order valence-electron chi connectivity index (χ1n) is 6.90. The SMILES string of the molecule is C=C1c2ccccc2C[C@@]1(F)CNC(=O)c1ccccc1. The number of hydrogen-bond acceptors (Lipinski definition) is 1. The van der Waals surface area contributed by atoms with Crippen LogP contribution in [0.3, 0.4) is 0 Å². The van der Waals surface area contributed by atoms with Crippen molar-refractivity contribution in [1.29, 1.82) is 0 Å². The predicted molar refractivity (Wildman–Crippen MR) is 81.8 cm³/mol. The Hall–Kier alpha value is -2.42. The van der Waals surface area contributed by atoms with Crippen LogP contribution in [-0.2, 0) is 6.42 Å². The number of carbonyl (C=O) groups is 1. The summed E-state index contributed by atoms with van der Waals surface area (Å²) < 4.78 is 15.1. The van der Waals surface area contributed by atoms with E-state index in [1.54, 1.807) is 24.3 Å². The Morgan fingerprint density at radius 3 is 2.52 bits per heavy atom. The lowest BCUT2D eigenvalue weighted by atomic mass is 9.97. The number of amides is 1. The molecule has 0 saturated heterocycles. The molecule has 0 radical (unpaired) electrons. The van der Waals surface area contributed by atoms with Crippen molar-refractivity contribution in [3.8, 4) is 0 Å². The third-order valence-corrected chi connectivity index (χ3v) is 3.92. The lowest BCUT2D eigenvalue weighted by Gasteiger charge is -2.21. The van der Waals surface area contributed by atoms with Crippen LogP contribution in [0.1, 0.15) is 21.5 Å². The summed E-state index contributed by atoms with van der Waals surface area (Å²) in [4.78, 5) is 12.0. The number of nitrogens with one attached hydrogen (secondary N) is 1. The molecule has 21 heavy (non-hydrogen) atoms. The lowest BCUT2D eigenvalue weighted by Crippen LogP contribution is -2.39. The molecule has 106 valence electrons. The average molecular weight is 281 g/mol. The highest BCUT2D eigenvalue weighted by atomic mass is 19.1. The van der Waals surface area contributed by atoms with Crippen LogP contribution in [0.2, 0.25) is 0 Å². The van der Waals surface area contributed by atoms with Gasteiger partial charge in [0.25, 0.3) is 5.91 Å². The van der Waals surface area contributed by atoms with Crippen LogP contribution in [0.4, 0.5) is 4.39 Å². The number of hydrogen-bond donors (Lipinski definition) is 1. The van der Waals surface area contributed by atoms with E-state index in [1.165, 1.54) is 0 Å². The molecule has 2 aromatic rings. The summed E-state index contributed by atoms with van der Waals surface area (Å²) in [7, 11) is 0. The number of fused-ring (bicyclic) bond motifs is 1. The minimum Gasteiger partial charge on any atom is -0.348 e. The number of carbonyl (C=O) groups excluding carboxylic acids is 1. The number of halogens is 1. The molecule has 0 spiro atoms. The first kappa shape index (κ1) is 13.6. The van der Waals surface area contributed by atoms with Gasteiger partial charge in [0.05, 0.1) is 6.54 Å². The molecule has 0 heterocycles. The minimum absolute atomic E-state index is 0.0613. The van der Waals surface area contributed by atoms with Gasteiger partial charge in [-0.1, -0.05) is 49.0 Å². The van der Waals surface area contributed by atoms with Crippen molar-refractivity contribution in [3.05, 3.63) is 77.9 Å². The van der Waals surface area contributed by atoms with Gasteiger partial charge in [0.2, 0.25) is 0 Å². The van der Waals surface area contributed by atoms with E-state index in [-0.39, 0.29) is 18.9 Å². The van der Waals surface area contributed by atoms with Crippen molar-refractivity contribution in [2.24, 2.45) is 0 Å². The molecule has 0 saturated carbocycles. The Balaban J connectivity index is 1.72. The standard InChI is InChI=1S/C18H16FNO/c1-13-16-10-6-5-9-15(16)11-18(13,19)12-20-17(21)14-7-3-2-4-8-14/h2-10H,1,11-12H2,(H,20,21)/t18-/m1/s1. The third kappa shape index (κ3) is 2.47. The monoisotopic (exact) mass is 281 g/mol. The van der Waals surface area contributed by atoms with E-state index < -0.39 is 5.67 Å². The summed E-state index contributed by atoms with van der Waals surface area (Å²) in [6.45, 7) is 3.81. The molecule has 0 aromatic heterocycles. The van der Waals surface area contributed by atoms with Crippen LogP contribution in [-0.4, -0.2) is 18.1 Å². The molecule has 0 bridgehead atoms. The van der Waals surface area contributed by atoms with Crippen LogP contribution in [0.5, 0.6) is 0 Å². The summed E-state index contributed by atoms with van der Waals surface area (Å²) in [5.74, 6) is -0.267. The second-order valence-corrected chi connectivity index (χ2v) is 5.33. The van der Waals surface area contributed by atoms with Gasteiger partial charge in [0, 0.05) is 12.0 Å². The molecule has 2 aromatic carbocycles. The fourth-order valence-corrected chi connectivity index (χ4v) is 2.70. The molecule has 2 nitrogen and oxygen atoms in total. The van der Waals surface area contributed by atoms with E-state index >= 15 is 4.39 Å². The van der Waals surface area contributed by atoms with Crippen molar-refractivity contribution in [2.75, 3.05) is 6.54 Å². The molecule has 3 rings (SSSR count). The zero-order chi connectivity index (χ0) is 14.9. The molecule has 0 unspecified atom stereocenters. The van der Waals surface area contributed by atoms with Crippen molar-refractivity contribution in [1.82, 2.24) is 5.32 Å². The van der Waals surface area contributed by atoms with Gasteiger partial charge in [-0.2, -0.15) is 0 Å². The summed E-state index contributed by atoms with van der Waals surface area (Å²) in [5.41, 5.74) is 1.18. The van der Waals surface area contributed by atoms with E-state index in [1.807, 2.05) is 30.3 Å². The van der Waals surface area contributed by atoms with Crippen molar-refractivity contribution in [2.45, 2.75) is 12.1 Å². The van der Waals surface area contributed by atoms with Crippen molar-refractivity contribution < 1.29 is 9.18 Å². The summed E-state index contributed by atoms with van der Waals surface area (Å²) in [6.07, 6.45) is 0.261. The number of benzene rings is 2. The molecular formula is C18H16FNO. The molecule has 1 aliphatic rings. The van der Waals surface area contributed by atoms with Crippen LogP contribution in [0, 0.1) is 0 Å². The summed E-state index contributed by atoms with van der Waals surface area (Å²) >= 11 is 0. The topological polar surface area (TPSA) is 29.1 Å². The van der Waals surface area contributed by atoms with E-state index in [4.69, 9.17) is 0 Å². The molecular weight excluding hydrogens is 265 g/mol. The molecule has 1 N–H and O–H groups in total. The molecule has 1 amide bonds. The highest BCUT2D eigenvalue weighted by Gasteiger charge is 2.41. The maximum absolute atomic E-state index is 15.1.